The summed E-state index contributed by atoms with van der Waals surface area (Å²) in [5.41, 5.74) is 1.96. The molecule has 3 aromatic rings. The monoisotopic (exact) mass is 400 g/mol. The zero-order chi connectivity index (χ0) is 19.2. The number of hydrogen-bond acceptors (Lipinski definition) is 3. The van der Waals surface area contributed by atoms with Gasteiger partial charge in [0.2, 0.25) is 0 Å². The lowest BCUT2D eigenvalue weighted by molar-refractivity contribution is 0.0935. The Labute approximate surface area is 168 Å². The number of carbonyl (C=O) groups excluding carboxylic acids is 1. The highest BCUT2D eigenvalue weighted by atomic mass is 35.5. The SMILES string of the molecule is C[C@H](NC(=O)c1cc(Cl)ccc1OCc1ncccc1Cl)c1ccccc1. The summed E-state index contributed by atoms with van der Waals surface area (Å²) in [5.74, 6) is 0.148. The van der Waals surface area contributed by atoms with E-state index in [0.29, 0.717) is 27.1 Å². The smallest absolute Gasteiger partial charge is 0.255 e. The first-order chi connectivity index (χ1) is 13.0. The van der Waals surface area contributed by atoms with Crippen LogP contribution in [-0.4, -0.2) is 10.9 Å². The summed E-state index contributed by atoms with van der Waals surface area (Å²) in [6, 6.07) is 18.0. The van der Waals surface area contributed by atoms with Gasteiger partial charge in [0.1, 0.15) is 12.4 Å². The number of ether oxygens (including phenoxy) is 1. The van der Waals surface area contributed by atoms with E-state index in [1.807, 2.05) is 37.3 Å². The molecule has 0 aliphatic heterocycles. The molecule has 3 rings (SSSR count). The zero-order valence-corrected chi connectivity index (χ0v) is 16.2. The molecule has 0 unspecified atom stereocenters. The Hall–Kier alpha value is -2.56. The minimum absolute atomic E-state index is 0.149. The van der Waals surface area contributed by atoms with Gasteiger partial charge in [-0.2, -0.15) is 0 Å². The van der Waals surface area contributed by atoms with Gasteiger partial charge in [0.05, 0.1) is 22.3 Å². The lowest BCUT2D eigenvalue weighted by atomic mass is 10.1. The number of hydrogen-bond donors (Lipinski definition) is 1. The van der Waals surface area contributed by atoms with Crippen LogP contribution in [-0.2, 0) is 6.61 Å². The average Bonchev–Trinajstić information content (AvgIpc) is 2.68. The second-order valence-corrected chi connectivity index (χ2v) is 6.81. The van der Waals surface area contributed by atoms with Gasteiger partial charge in [-0.1, -0.05) is 53.5 Å². The third-order valence-corrected chi connectivity index (χ3v) is 4.61. The van der Waals surface area contributed by atoms with E-state index in [-0.39, 0.29) is 18.6 Å². The average molecular weight is 401 g/mol. The quantitative estimate of drug-likeness (QED) is 0.597. The molecular formula is C21H18Cl2N2O2. The van der Waals surface area contributed by atoms with Crippen molar-refractivity contribution >= 4 is 29.1 Å². The standard InChI is InChI=1S/C21H18Cl2N2O2/c1-14(15-6-3-2-4-7-15)25-21(26)17-12-16(22)9-10-20(17)27-13-19-18(23)8-5-11-24-19/h2-12,14H,13H2,1H3,(H,25,26)/t14-/m0/s1. The van der Waals surface area contributed by atoms with Gasteiger partial charge >= 0.3 is 0 Å². The fraction of sp³-hybridized carbons (Fsp3) is 0.143. The lowest BCUT2D eigenvalue weighted by Gasteiger charge is -2.17. The molecule has 0 saturated carbocycles. The third-order valence-electron chi connectivity index (χ3n) is 4.03. The van der Waals surface area contributed by atoms with Crippen molar-refractivity contribution in [1.29, 1.82) is 0 Å². The summed E-state index contributed by atoms with van der Waals surface area (Å²) in [6.45, 7) is 2.07. The largest absolute Gasteiger partial charge is 0.486 e. The molecule has 0 aliphatic carbocycles. The van der Waals surface area contributed by atoms with Crippen molar-refractivity contribution in [1.82, 2.24) is 10.3 Å². The molecule has 2 aromatic carbocycles. The van der Waals surface area contributed by atoms with E-state index in [0.717, 1.165) is 5.56 Å². The highest BCUT2D eigenvalue weighted by molar-refractivity contribution is 6.31. The number of carbonyl (C=O) groups is 1. The van der Waals surface area contributed by atoms with Crippen LogP contribution in [0.3, 0.4) is 0 Å². The molecule has 0 radical (unpaired) electrons. The van der Waals surface area contributed by atoms with E-state index in [2.05, 4.69) is 10.3 Å². The maximum Gasteiger partial charge on any atom is 0.255 e. The van der Waals surface area contributed by atoms with Crippen molar-refractivity contribution in [3.05, 3.63) is 93.7 Å². The van der Waals surface area contributed by atoms with Crippen molar-refractivity contribution in [3.63, 3.8) is 0 Å². The second kappa shape index (κ2) is 8.89. The van der Waals surface area contributed by atoms with Crippen LogP contribution < -0.4 is 10.1 Å². The Morgan fingerprint density at radius 2 is 1.89 bits per heavy atom. The highest BCUT2D eigenvalue weighted by Gasteiger charge is 2.17. The van der Waals surface area contributed by atoms with Crippen molar-refractivity contribution in [2.24, 2.45) is 0 Å². The molecule has 0 aliphatic rings. The van der Waals surface area contributed by atoms with E-state index in [1.165, 1.54) is 0 Å². The Morgan fingerprint density at radius 3 is 2.63 bits per heavy atom. The zero-order valence-electron chi connectivity index (χ0n) is 14.7. The van der Waals surface area contributed by atoms with Crippen molar-refractivity contribution in [3.8, 4) is 5.75 Å². The van der Waals surface area contributed by atoms with E-state index < -0.39 is 0 Å². The molecule has 138 valence electrons. The molecule has 0 spiro atoms. The minimum atomic E-state index is -0.268. The van der Waals surface area contributed by atoms with Crippen LogP contribution in [0.4, 0.5) is 0 Å². The predicted octanol–water partition coefficient (Wildman–Crippen LogP) is 5.46. The molecule has 1 heterocycles. The molecule has 0 bridgehead atoms. The number of nitrogens with zero attached hydrogens (tertiary/aromatic N) is 1. The molecule has 0 saturated heterocycles. The van der Waals surface area contributed by atoms with Crippen molar-refractivity contribution in [2.45, 2.75) is 19.6 Å². The van der Waals surface area contributed by atoms with Gasteiger partial charge in [-0.15, -0.1) is 0 Å². The van der Waals surface area contributed by atoms with Gasteiger partial charge in [-0.3, -0.25) is 9.78 Å². The fourth-order valence-electron chi connectivity index (χ4n) is 2.58. The molecule has 4 nitrogen and oxygen atoms in total. The first-order valence-corrected chi connectivity index (χ1v) is 9.17. The molecule has 0 fully saturated rings. The Morgan fingerprint density at radius 1 is 1.11 bits per heavy atom. The first-order valence-electron chi connectivity index (χ1n) is 8.42. The third kappa shape index (κ3) is 5.00. The predicted molar refractivity (Wildman–Crippen MR) is 107 cm³/mol. The number of aromatic nitrogens is 1. The minimum Gasteiger partial charge on any atom is -0.486 e. The van der Waals surface area contributed by atoms with Crippen LogP contribution in [0, 0.1) is 0 Å². The molecule has 1 amide bonds. The van der Waals surface area contributed by atoms with E-state index in [4.69, 9.17) is 27.9 Å². The maximum atomic E-state index is 12.8. The van der Waals surface area contributed by atoms with Crippen molar-refractivity contribution < 1.29 is 9.53 Å². The maximum absolute atomic E-state index is 12.8. The number of benzene rings is 2. The fourth-order valence-corrected chi connectivity index (χ4v) is 2.92. The summed E-state index contributed by atoms with van der Waals surface area (Å²) in [4.78, 5) is 17.0. The molecular weight excluding hydrogens is 383 g/mol. The Balaban J connectivity index is 1.77. The van der Waals surface area contributed by atoms with Crippen LogP contribution in [0.25, 0.3) is 0 Å². The van der Waals surface area contributed by atoms with Crippen LogP contribution in [0.5, 0.6) is 5.75 Å². The summed E-state index contributed by atoms with van der Waals surface area (Å²) in [5, 5.41) is 3.93. The van der Waals surface area contributed by atoms with Crippen molar-refractivity contribution in [2.75, 3.05) is 0 Å². The number of halogens is 2. The summed E-state index contributed by atoms with van der Waals surface area (Å²) >= 11 is 12.2. The van der Waals surface area contributed by atoms with Gasteiger partial charge in [0.25, 0.3) is 5.91 Å². The van der Waals surface area contributed by atoms with E-state index in [1.54, 1.807) is 36.5 Å². The molecule has 27 heavy (non-hydrogen) atoms. The van der Waals surface area contributed by atoms with Gasteiger partial charge in [-0.05, 0) is 42.8 Å². The molecule has 1 aromatic heterocycles. The van der Waals surface area contributed by atoms with Crippen LogP contribution >= 0.6 is 23.2 Å². The normalized spacial score (nSPS) is 11.7. The first kappa shape index (κ1) is 19.2. The number of pyridine rings is 1. The van der Waals surface area contributed by atoms with Gasteiger partial charge in [0, 0.05) is 11.2 Å². The number of nitrogens with one attached hydrogen (secondary N) is 1. The summed E-state index contributed by atoms with van der Waals surface area (Å²) in [7, 11) is 0. The summed E-state index contributed by atoms with van der Waals surface area (Å²) in [6.07, 6.45) is 1.64. The van der Waals surface area contributed by atoms with Gasteiger partial charge in [0.15, 0.2) is 0 Å². The molecule has 1 N–H and O–H groups in total. The van der Waals surface area contributed by atoms with Crippen LogP contribution in [0.1, 0.15) is 34.6 Å². The molecule has 1 atom stereocenters. The van der Waals surface area contributed by atoms with Crippen LogP contribution in [0.2, 0.25) is 10.0 Å². The van der Waals surface area contributed by atoms with E-state index >= 15 is 0 Å². The van der Waals surface area contributed by atoms with Crippen LogP contribution in [0.15, 0.2) is 66.9 Å². The summed E-state index contributed by atoms with van der Waals surface area (Å²) < 4.78 is 5.80. The Bertz CT molecular complexity index is 932. The Kier molecular flexibility index (Phi) is 6.32. The number of amides is 1. The lowest BCUT2D eigenvalue weighted by Crippen LogP contribution is -2.27. The molecule has 6 heteroatoms. The topological polar surface area (TPSA) is 51.2 Å². The van der Waals surface area contributed by atoms with E-state index in [9.17, 15) is 4.79 Å². The highest BCUT2D eigenvalue weighted by Crippen LogP contribution is 2.25. The second-order valence-electron chi connectivity index (χ2n) is 5.97. The number of rotatable bonds is 6. The van der Waals surface area contributed by atoms with Gasteiger partial charge in [-0.25, -0.2) is 0 Å². The van der Waals surface area contributed by atoms with Gasteiger partial charge < -0.3 is 10.1 Å².